The molecule has 0 spiro atoms. The molecule has 0 aliphatic carbocycles. The highest BCUT2D eigenvalue weighted by molar-refractivity contribution is 5.56. The lowest BCUT2D eigenvalue weighted by molar-refractivity contribution is 0.0537. The standard InChI is InChI=1S/C13H22N4O/c1-4-14-12-10(3)13(16-8-15-12)17-11-5-6-18-7-9(11)2/h8-9,11H,4-7H2,1-3H3,(H2,14,15,16,17). The summed E-state index contributed by atoms with van der Waals surface area (Å²) in [6.07, 6.45) is 2.64. The molecular formula is C13H22N4O. The van der Waals surface area contributed by atoms with Gasteiger partial charge in [0.05, 0.1) is 6.61 Å². The van der Waals surface area contributed by atoms with Crippen molar-refractivity contribution in [2.24, 2.45) is 5.92 Å². The molecule has 1 aromatic heterocycles. The van der Waals surface area contributed by atoms with Gasteiger partial charge < -0.3 is 15.4 Å². The summed E-state index contributed by atoms with van der Waals surface area (Å²) in [4.78, 5) is 8.60. The van der Waals surface area contributed by atoms with Crippen LogP contribution in [0.4, 0.5) is 11.6 Å². The normalized spacial score (nSPS) is 23.7. The van der Waals surface area contributed by atoms with E-state index < -0.39 is 0 Å². The molecule has 0 amide bonds. The van der Waals surface area contributed by atoms with E-state index in [9.17, 15) is 0 Å². The third-order valence-electron chi connectivity index (χ3n) is 3.39. The number of rotatable bonds is 4. The lowest BCUT2D eigenvalue weighted by Gasteiger charge is -2.30. The minimum atomic E-state index is 0.432. The Labute approximate surface area is 108 Å². The van der Waals surface area contributed by atoms with Crippen molar-refractivity contribution in [1.82, 2.24) is 9.97 Å². The minimum Gasteiger partial charge on any atom is -0.381 e. The van der Waals surface area contributed by atoms with Crippen LogP contribution >= 0.6 is 0 Å². The fourth-order valence-corrected chi connectivity index (χ4v) is 2.21. The Morgan fingerprint density at radius 2 is 2.17 bits per heavy atom. The average Bonchev–Trinajstić information content (AvgIpc) is 2.37. The highest BCUT2D eigenvalue weighted by Gasteiger charge is 2.22. The molecule has 2 N–H and O–H groups in total. The quantitative estimate of drug-likeness (QED) is 0.856. The summed E-state index contributed by atoms with van der Waals surface area (Å²) in [6, 6.07) is 0.432. The second-order valence-electron chi connectivity index (χ2n) is 4.82. The Bertz CT molecular complexity index is 397. The van der Waals surface area contributed by atoms with Crippen LogP contribution in [0.25, 0.3) is 0 Å². The molecule has 2 heterocycles. The molecule has 1 aliphatic heterocycles. The van der Waals surface area contributed by atoms with Gasteiger partial charge in [-0.25, -0.2) is 9.97 Å². The van der Waals surface area contributed by atoms with Crippen LogP contribution in [0.1, 0.15) is 25.8 Å². The van der Waals surface area contributed by atoms with Crippen LogP contribution in [0.5, 0.6) is 0 Å². The molecular weight excluding hydrogens is 228 g/mol. The molecule has 100 valence electrons. The van der Waals surface area contributed by atoms with Crippen molar-refractivity contribution in [3.05, 3.63) is 11.9 Å². The lowest BCUT2D eigenvalue weighted by atomic mass is 9.98. The van der Waals surface area contributed by atoms with Gasteiger partial charge in [-0.1, -0.05) is 6.92 Å². The molecule has 0 bridgehead atoms. The van der Waals surface area contributed by atoms with Crippen molar-refractivity contribution in [3.8, 4) is 0 Å². The van der Waals surface area contributed by atoms with Gasteiger partial charge in [0.25, 0.3) is 0 Å². The molecule has 2 atom stereocenters. The van der Waals surface area contributed by atoms with E-state index in [1.165, 1.54) is 0 Å². The number of hydrogen-bond acceptors (Lipinski definition) is 5. The van der Waals surface area contributed by atoms with E-state index in [1.54, 1.807) is 6.33 Å². The van der Waals surface area contributed by atoms with Crippen molar-refractivity contribution < 1.29 is 4.74 Å². The summed E-state index contributed by atoms with van der Waals surface area (Å²) in [5, 5.41) is 6.78. The smallest absolute Gasteiger partial charge is 0.134 e. The molecule has 5 nitrogen and oxygen atoms in total. The maximum absolute atomic E-state index is 5.46. The van der Waals surface area contributed by atoms with E-state index in [4.69, 9.17) is 4.74 Å². The third kappa shape index (κ3) is 2.90. The molecule has 1 aliphatic rings. The van der Waals surface area contributed by atoms with Crippen molar-refractivity contribution in [2.45, 2.75) is 33.2 Å². The summed E-state index contributed by atoms with van der Waals surface area (Å²) < 4.78 is 5.46. The number of ether oxygens (including phenoxy) is 1. The van der Waals surface area contributed by atoms with E-state index in [2.05, 4.69) is 34.4 Å². The average molecular weight is 250 g/mol. The second kappa shape index (κ2) is 6.00. The van der Waals surface area contributed by atoms with Gasteiger partial charge >= 0.3 is 0 Å². The van der Waals surface area contributed by atoms with Crippen LogP contribution in [0.2, 0.25) is 0 Å². The largest absolute Gasteiger partial charge is 0.381 e. The van der Waals surface area contributed by atoms with Crippen molar-refractivity contribution in [1.29, 1.82) is 0 Å². The third-order valence-corrected chi connectivity index (χ3v) is 3.39. The second-order valence-corrected chi connectivity index (χ2v) is 4.82. The molecule has 1 fully saturated rings. The van der Waals surface area contributed by atoms with Crippen LogP contribution in [-0.4, -0.2) is 35.8 Å². The summed E-state index contributed by atoms with van der Waals surface area (Å²) in [5.74, 6) is 2.35. The lowest BCUT2D eigenvalue weighted by Crippen LogP contribution is -2.36. The zero-order chi connectivity index (χ0) is 13.0. The van der Waals surface area contributed by atoms with Gasteiger partial charge in [-0.3, -0.25) is 0 Å². The Balaban J connectivity index is 2.10. The predicted octanol–water partition coefficient (Wildman–Crippen LogP) is 2.05. The molecule has 1 aromatic rings. The first-order valence-electron chi connectivity index (χ1n) is 6.62. The summed E-state index contributed by atoms with van der Waals surface area (Å²) in [5.41, 5.74) is 1.08. The molecule has 1 saturated heterocycles. The number of anilines is 2. The number of nitrogens with one attached hydrogen (secondary N) is 2. The van der Waals surface area contributed by atoms with E-state index in [0.29, 0.717) is 12.0 Å². The number of nitrogens with zero attached hydrogens (tertiary/aromatic N) is 2. The first kappa shape index (κ1) is 13.1. The molecule has 5 heteroatoms. The van der Waals surface area contributed by atoms with E-state index in [1.807, 2.05) is 6.92 Å². The van der Waals surface area contributed by atoms with Gasteiger partial charge in [-0.15, -0.1) is 0 Å². The van der Waals surface area contributed by atoms with Crippen LogP contribution in [0, 0.1) is 12.8 Å². The molecule has 2 unspecified atom stereocenters. The predicted molar refractivity (Wildman–Crippen MR) is 72.9 cm³/mol. The van der Waals surface area contributed by atoms with Crippen molar-refractivity contribution in [3.63, 3.8) is 0 Å². The Morgan fingerprint density at radius 3 is 2.89 bits per heavy atom. The van der Waals surface area contributed by atoms with Gasteiger partial charge in [-0.2, -0.15) is 0 Å². The van der Waals surface area contributed by atoms with Gasteiger partial charge in [0, 0.05) is 24.8 Å². The van der Waals surface area contributed by atoms with E-state index >= 15 is 0 Å². The zero-order valence-electron chi connectivity index (χ0n) is 11.4. The first-order valence-corrected chi connectivity index (χ1v) is 6.62. The molecule has 18 heavy (non-hydrogen) atoms. The van der Waals surface area contributed by atoms with Gasteiger partial charge in [-0.05, 0) is 26.2 Å². The van der Waals surface area contributed by atoms with Crippen molar-refractivity contribution >= 4 is 11.6 Å². The summed E-state index contributed by atoms with van der Waals surface area (Å²) >= 11 is 0. The van der Waals surface area contributed by atoms with E-state index in [0.717, 1.165) is 43.4 Å². The zero-order valence-corrected chi connectivity index (χ0v) is 11.4. The first-order chi connectivity index (χ1) is 8.72. The van der Waals surface area contributed by atoms with Gasteiger partial charge in [0.1, 0.15) is 18.0 Å². The highest BCUT2D eigenvalue weighted by atomic mass is 16.5. The van der Waals surface area contributed by atoms with Gasteiger partial charge in [0.15, 0.2) is 0 Å². The number of aromatic nitrogens is 2. The summed E-state index contributed by atoms with van der Waals surface area (Å²) in [7, 11) is 0. The van der Waals surface area contributed by atoms with Crippen LogP contribution in [-0.2, 0) is 4.74 Å². The van der Waals surface area contributed by atoms with E-state index in [-0.39, 0.29) is 0 Å². The summed E-state index contributed by atoms with van der Waals surface area (Å²) in [6.45, 7) is 8.83. The van der Waals surface area contributed by atoms with Gasteiger partial charge in [0.2, 0.25) is 0 Å². The topological polar surface area (TPSA) is 59.1 Å². The fourth-order valence-electron chi connectivity index (χ4n) is 2.21. The maximum Gasteiger partial charge on any atom is 0.134 e. The van der Waals surface area contributed by atoms with Crippen LogP contribution in [0.3, 0.4) is 0 Å². The highest BCUT2D eigenvalue weighted by Crippen LogP contribution is 2.23. The molecule has 0 radical (unpaired) electrons. The van der Waals surface area contributed by atoms with Crippen LogP contribution < -0.4 is 10.6 Å². The molecule has 2 rings (SSSR count). The molecule has 0 saturated carbocycles. The Kier molecular flexibility index (Phi) is 4.36. The fraction of sp³-hybridized carbons (Fsp3) is 0.692. The minimum absolute atomic E-state index is 0.432. The monoisotopic (exact) mass is 250 g/mol. The van der Waals surface area contributed by atoms with Crippen molar-refractivity contribution in [2.75, 3.05) is 30.4 Å². The Morgan fingerprint density at radius 1 is 1.39 bits per heavy atom. The van der Waals surface area contributed by atoms with Crippen LogP contribution in [0.15, 0.2) is 6.33 Å². The SMILES string of the molecule is CCNc1ncnc(NC2CCOCC2C)c1C. The molecule has 0 aromatic carbocycles. The number of hydrogen-bond donors (Lipinski definition) is 2. The maximum atomic E-state index is 5.46. The Hall–Kier alpha value is -1.36.